The fraction of sp³-hybridized carbons (Fsp3) is 0.300. The van der Waals surface area contributed by atoms with Crippen molar-refractivity contribution in [2.24, 2.45) is 7.05 Å². The Labute approximate surface area is 174 Å². The van der Waals surface area contributed by atoms with Gasteiger partial charge in [-0.15, -0.1) is 12.4 Å². The summed E-state index contributed by atoms with van der Waals surface area (Å²) in [6.45, 7) is 4.35. The van der Waals surface area contributed by atoms with E-state index in [2.05, 4.69) is 10.3 Å². The summed E-state index contributed by atoms with van der Waals surface area (Å²) >= 11 is 6.32. The maximum absolute atomic E-state index is 13.0. The maximum Gasteiger partial charge on any atom is 0.257 e. The molecule has 1 fully saturated rings. The van der Waals surface area contributed by atoms with Crippen LogP contribution in [0.5, 0.6) is 0 Å². The summed E-state index contributed by atoms with van der Waals surface area (Å²) < 4.78 is 7.30. The van der Waals surface area contributed by atoms with Crippen LogP contribution in [0.4, 0.5) is 11.5 Å². The van der Waals surface area contributed by atoms with Crippen molar-refractivity contribution in [3.05, 3.63) is 52.8 Å². The van der Waals surface area contributed by atoms with Gasteiger partial charge in [0.05, 0.1) is 35.0 Å². The number of rotatable bonds is 3. The second-order valence-corrected chi connectivity index (χ2v) is 7.13. The van der Waals surface area contributed by atoms with Crippen LogP contribution in [0.1, 0.15) is 15.9 Å². The van der Waals surface area contributed by atoms with Crippen molar-refractivity contribution in [1.82, 2.24) is 14.5 Å². The summed E-state index contributed by atoms with van der Waals surface area (Å²) in [6.07, 6.45) is 3.58. The molecule has 0 radical (unpaired) electrons. The van der Waals surface area contributed by atoms with Gasteiger partial charge in [0.15, 0.2) is 0 Å². The van der Waals surface area contributed by atoms with E-state index >= 15 is 0 Å². The number of pyridine rings is 1. The number of carbonyl (C=O) groups is 1. The minimum Gasteiger partial charge on any atom is -0.378 e. The first-order valence-corrected chi connectivity index (χ1v) is 9.26. The van der Waals surface area contributed by atoms with Gasteiger partial charge in [0.2, 0.25) is 0 Å². The molecule has 1 amide bonds. The summed E-state index contributed by atoms with van der Waals surface area (Å²) in [7, 11) is 1.93. The van der Waals surface area contributed by atoms with Gasteiger partial charge in [-0.25, -0.2) is 4.98 Å². The predicted molar refractivity (Wildman–Crippen MR) is 114 cm³/mol. The lowest BCUT2D eigenvalue weighted by Gasteiger charge is -2.27. The Morgan fingerprint density at radius 3 is 2.75 bits per heavy atom. The molecule has 3 heterocycles. The summed E-state index contributed by atoms with van der Waals surface area (Å²) in [4.78, 5) is 19.4. The number of aromatic nitrogens is 2. The molecule has 1 aliphatic heterocycles. The highest BCUT2D eigenvalue weighted by Crippen LogP contribution is 2.31. The van der Waals surface area contributed by atoms with Crippen molar-refractivity contribution in [1.29, 1.82) is 0 Å². The van der Waals surface area contributed by atoms with E-state index in [-0.39, 0.29) is 18.3 Å². The standard InChI is InChI=1S/C20H21ClN4O2.ClH/c1-13-3-4-16(21)17(11-13)23-19-14-5-6-24(2)18(14)15(12-22-19)20(26)25-7-9-27-10-8-25;/h3-6,11-12H,7-10H2,1-2H3,(H,22,23);1H. The number of ether oxygens (including phenoxy) is 1. The number of hydrogen-bond donors (Lipinski definition) is 1. The molecule has 1 saturated heterocycles. The molecule has 0 unspecified atom stereocenters. The van der Waals surface area contributed by atoms with Crippen LogP contribution in [-0.4, -0.2) is 46.7 Å². The predicted octanol–water partition coefficient (Wildman–Crippen LogP) is 4.17. The quantitative estimate of drug-likeness (QED) is 0.690. The number of nitrogens with zero attached hydrogens (tertiary/aromatic N) is 3. The molecule has 0 aliphatic carbocycles. The van der Waals surface area contributed by atoms with Gasteiger partial charge in [-0.05, 0) is 30.7 Å². The highest BCUT2D eigenvalue weighted by molar-refractivity contribution is 6.33. The van der Waals surface area contributed by atoms with Crippen molar-refractivity contribution < 1.29 is 9.53 Å². The second kappa shape index (κ2) is 8.39. The third-order valence-electron chi connectivity index (χ3n) is 4.81. The van der Waals surface area contributed by atoms with Crippen LogP contribution in [0.15, 0.2) is 36.7 Å². The Morgan fingerprint density at radius 1 is 1.25 bits per heavy atom. The molecule has 6 nitrogen and oxygen atoms in total. The van der Waals surface area contributed by atoms with E-state index in [9.17, 15) is 4.79 Å². The molecule has 2 aromatic heterocycles. The molecular formula is C20H22Cl2N4O2. The Morgan fingerprint density at radius 2 is 2.00 bits per heavy atom. The number of nitrogens with one attached hydrogen (secondary N) is 1. The Balaban J connectivity index is 0.00000225. The van der Waals surface area contributed by atoms with Crippen molar-refractivity contribution >= 4 is 52.3 Å². The van der Waals surface area contributed by atoms with Crippen LogP contribution in [0, 0.1) is 6.92 Å². The number of carbonyl (C=O) groups excluding carboxylic acids is 1. The smallest absolute Gasteiger partial charge is 0.257 e. The average Bonchev–Trinajstić information content (AvgIpc) is 3.07. The SMILES string of the molecule is Cc1ccc(Cl)c(Nc2ncc(C(=O)N3CCOCC3)c3c2ccn3C)c1.Cl. The van der Waals surface area contributed by atoms with E-state index in [1.807, 2.05) is 53.9 Å². The number of aryl methyl sites for hydroxylation is 2. The maximum atomic E-state index is 13.0. The molecule has 1 N–H and O–H groups in total. The fourth-order valence-electron chi connectivity index (χ4n) is 3.37. The molecular weight excluding hydrogens is 399 g/mol. The first-order chi connectivity index (χ1) is 13.0. The molecule has 0 atom stereocenters. The number of fused-ring (bicyclic) bond motifs is 1. The largest absolute Gasteiger partial charge is 0.378 e. The first-order valence-electron chi connectivity index (χ1n) is 8.89. The molecule has 4 rings (SSSR count). The summed E-state index contributed by atoms with van der Waals surface area (Å²) in [5, 5.41) is 4.82. The van der Waals surface area contributed by atoms with Crippen LogP contribution >= 0.6 is 24.0 Å². The van der Waals surface area contributed by atoms with Gasteiger partial charge >= 0.3 is 0 Å². The van der Waals surface area contributed by atoms with Crippen LogP contribution in [0.3, 0.4) is 0 Å². The Hall–Kier alpha value is -2.28. The van der Waals surface area contributed by atoms with Gasteiger partial charge in [-0.2, -0.15) is 0 Å². The van der Waals surface area contributed by atoms with Crippen LogP contribution < -0.4 is 5.32 Å². The topological polar surface area (TPSA) is 59.4 Å². The molecule has 0 bridgehead atoms. The highest BCUT2D eigenvalue weighted by atomic mass is 35.5. The van der Waals surface area contributed by atoms with E-state index in [0.717, 1.165) is 22.2 Å². The highest BCUT2D eigenvalue weighted by Gasteiger charge is 2.23. The van der Waals surface area contributed by atoms with Gasteiger partial charge in [0.1, 0.15) is 5.82 Å². The van der Waals surface area contributed by atoms with Crippen molar-refractivity contribution in [3.63, 3.8) is 0 Å². The van der Waals surface area contributed by atoms with E-state index in [1.54, 1.807) is 6.20 Å². The number of halogens is 2. The van der Waals surface area contributed by atoms with E-state index in [4.69, 9.17) is 16.3 Å². The van der Waals surface area contributed by atoms with Crippen molar-refractivity contribution in [2.45, 2.75) is 6.92 Å². The third-order valence-corrected chi connectivity index (χ3v) is 5.14. The third kappa shape index (κ3) is 3.81. The lowest BCUT2D eigenvalue weighted by atomic mass is 10.1. The van der Waals surface area contributed by atoms with Gasteiger partial charge in [0, 0.05) is 37.9 Å². The lowest BCUT2D eigenvalue weighted by Crippen LogP contribution is -2.40. The summed E-state index contributed by atoms with van der Waals surface area (Å²) in [5.74, 6) is 0.661. The van der Waals surface area contributed by atoms with Crippen LogP contribution in [0.2, 0.25) is 5.02 Å². The zero-order valence-electron chi connectivity index (χ0n) is 15.7. The fourth-order valence-corrected chi connectivity index (χ4v) is 3.54. The zero-order valence-corrected chi connectivity index (χ0v) is 17.3. The molecule has 8 heteroatoms. The monoisotopic (exact) mass is 420 g/mol. The number of amides is 1. The lowest BCUT2D eigenvalue weighted by molar-refractivity contribution is 0.0303. The zero-order chi connectivity index (χ0) is 19.0. The molecule has 1 aromatic carbocycles. The summed E-state index contributed by atoms with van der Waals surface area (Å²) in [6, 6.07) is 7.76. The van der Waals surface area contributed by atoms with Gasteiger partial charge in [0.25, 0.3) is 5.91 Å². The molecule has 3 aromatic rings. The number of hydrogen-bond acceptors (Lipinski definition) is 4. The Bertz CT molecular complexity index is 1010. The molecule has 28 heavy (non-hydrogen) atoms. The van der Waals surface area contributed by atoms with Gasteiger partial charge in [-0.1, -0.05) is 17.7 Å². The Kier molecular flexibility index (Phi) is 6.13. The molecule has 1 aliphatic rings. The van der Waals surface area contributed by atoms with Crippen LogP contribution in [-0.2, 0) is 11.8 Å². The molecule has 148 valence electrons. The first kappa shape index (κ1) is 20.5. The van der Waals surface area contributed by atoms with Gasteiger partial charge in [-0.3, -0.25) is 4.79 Å². The molecule has 0 spiro atoms. The van der Waals surface area contributed by atoms with Gasteiger partial charge < -0.3 is 19.5 Å². The minimum atomic E-state index is -0.0160. The van der Waals surface area contributed by atoms with E-state index < -0.39 is 0 Å². The van der Waals surface area contributed by atoms with Crippen molar-refractivity contribution in [3.8, 4) is 0 Å². The van der Waals surface area contributed by atoms with Crippen LogP contribution in [0.25, 0.3) is 10.9 Å². The summed E-state index contributed by atoms with van der Waals surface area (Å²) in [5.41, 5.74) is 3.35. The molecule has 0 saturated carbocycles. The van der Waals surface area contributed by atoms with E-state index in [0.29, 0.717) is 42.7 Å². The van der Waals surface area contributed by atoms with Crippen molar-refractivity contribution in [2.75, 3.05) is 31.6 Å². The van der Waals surface area contributed by atoms with E-state index in [1.165, 1.54) is 0 Å². The normalized spacial score (nSPS) is 14.0. The minimum absolute atomic E-state index is 0. The second-order valence-electron chi connectivity index (χ2n) is 6.72. The number of morpholine rings is 1. The number of anilines is 2. The average molecular weight is 421 g/mol. The number of benzene rings is 1.